The van der Waals surface area contributed by atoms with E-state index in [4.69, 9.17) is 4.74 Å². The molecular weight excluding hydrogens is 396 g/mol. The van der Waals surface area contributed by atoms with E-state index in [1.54, 1.807) is 18.3 Å². The smallest absolute Gasteiger partial charge is 0.253 e. The number of aryl methyl sites for hydroxylation is 1. The molecule has 1 fully saturated rings. The molecule has 0 aliphatic carbocycles. The lowest BCUT2D eigenvalue weighted by molar-refractivity contribution is 0.0792. The van der Waals surface area contributed by atoms with Gasteiger partial charge in [0.1, 0.15) is 17.3 Å². The number of thiazole rings is 1. The Kier molecular flexibility index (Phi) is 6.49. The molecule has 28 heavy (non-hydrogen) atoms. The normalized spacial score (nSPS) is 13.1. The van der Waals surface area contributed by atoms with E-state index in [1.165, 1.54) is 11.3 Å². The molecular formula is C20H21ClN4O2S. The van der Waals surface area contributed by atoms with Gasteiger partial charge in [0.05, 0.1) is 5.69 Å². The summed E-state index contributed by atoms with van der Waals surface area (Å²) in [6.45, 7) is 3.62. The molecule has 0 atom stereocenters. The van der Waals surface area contributed by atoms with Crippen LogP contribution in [0.5, 0.6) is 11.5 Å². The number of carbonyl (C=O) groups is 1. The summed E-state index contributed by atoms with van der Waals surface area (Å²) in [4.78, 5) is 23.1. The number of hydrogen-bond acceptors (Lipinski definition) is 6. The zero-order chi connectivity index (χ0) is 18.6. The molecule has 1 saturated heterocycles. The molecule has 0 spiro atoms. The number of amides is 1. The van der Waals surface area contributed by atoms with E-state index in [1.807, 2.05) is 41.5 Å². The summed E-state index contributed by atoms with van der Waals surface area (Å²) in [5.41, 5.74) is 1.62. The van der Waals surface area contributed by atoms with Gasteiger partial charge >= 0.3 is 0 Å². The van der Waals surface area contributed by atoms with Crippen LogP contribution in [0.15, 0.2) is 48.0 Å². The predicted octanol–water partition coefficient (Wildman–Crippen LogP) is 5.04. The molecule has 0 unspecified atom stereocenters. The third-order valence-electron chi connectivity index (χ3n) is 4.30. The Labute approximate surface area is 174 Å². The van der Waals surface area contributed by atoms with Crippen LogP contribution in [0, 0.1) is 6.92 Å². The summed E-state index contributed by atoms with van der Waals surface area (Å²) in [6.07, 6.45) is 3.83. The number of nitrogens with zero attached hydrogens (tertiary/aromatic N) is 3. The minimum Gasteiger partial charge on any atom is -0.457 e. The summed E-state index contributed by atoms with van der Waals surface area (Å²) < 4.78 is 5.95. The highest BCUT2D eigenvalue weighted by Gasteiger charge is 2.19. The number of carbonyl (C=O) groups excluding carboxylic acids is 1. The zero-order valence-electron chi connectivity index (χ0n) is 15.4. The molecule has 0 saturated carbocycles. The Balaban J connectivity index is 0.00000225. The highest BCUT2D eigenvalue weighted by atomic mass is 35.5. The van der Waals surface area contributed by atoms with E-state index < -0.39 is 0 Å². The molecule has 3 aromatic rings. The van der Waals surface area contributed by atoms with Crippen molar-refractivity contribution in [1.29, 1.82) is 0 Å². The Morgan fingerprint density at radius 1 is 1.18 bits per heavy atom. The predicted molar refractivity (Wildman–Crippen MR) is 113 cm³/mol. The fourth-order valence-electron chi connectivity index (χ4n) is 3.00. The molecule has 1 amide bonds. The number of benzene rings is 1. The van der Waals surface area contributed by atoms with E-state index in [2.05, 4.69) is 15.3 Å². The van der Waals surface area contributed by atoms with Crippen molar-refractivity contribution in [2.24, 2.45) is 0 Å². The number of aromatic nitrogens is 2. The average Bonchev–Trinajstić information content (AvgIpc) is 3.34. The van der Waals surface area contributed by atoms with Gasteiger partial charge in [0.25, 0.3) is 5.91 Å². The Morgan fingerprint density at radius 2 is 1.96 bits per heavy atom. The average molecular weight is 417 g/mol. The number of likely N-dealkylation sites (tertiary alicyclic amines) is 1. The van der Waals surface area contributed by atoms with Crippen molar-refractivity contribution >= 4 is 40.6 Å². The van der Waals surface area contributed by atoms with E-state index in [9.17, 15) is 4.79 Å². The molecule has 0 radical (unpaired) electrons. The van der Waals surface area contributed by atoms with E-state index in [0.29, 0.717) is 22.9 Å². The zero-order valence-corrected chi connectivity index (χ0v) is 17.1. The lowest BCUT2D eigenvalue weighted by Gasteiger charge is -2.15. The van der Waals surface area contributed by atoms with Crippen molar-refractivity contribution in [3.8, 4) is 11.5 Å². The maximum atomic E-state index is 12.6. The van der Waals surface area contributed by atoms with Gasteiger partial charge in [0, 0.05) is 36.3 Å². The standard InChI is InChI=1S/C20H20N4O2S.ClH/c1-14-13-27-20(22-14)23-18-12-17(7-8-21-18)26-16-6-4-5-15(11-16)19(25)24-9-2-3-10-24;/h4-8,11-13H,2-3,9-10H2,1H3,(H,21,22,23);1H. The van der Waals surface area contributed by atoms with Gasteiger partial charge in [-0.25, -0.2) is 9.97 Å². The third-order valence-corrected chi connectivity index (χ3v) is 5.17. The van der Waals surface area contributed by atoms with E-state index >= 15 is 0 Å². The summed E-state index contributed by atoms with van der Waals surface area (Å²) >= 11 is 1.53. The molecule has 4 rings (SSSR count). The highest BCUT2D eigenvalue weighted by Crippen LogP contribution is 2.26. The minimum absolute atomic E-state index is 0. The number of ether oxygens (including phenoxy) is 1. The van der Waals surface area contributed by atoms with Crippen molar-refractivity contribution in [3.05, 3.63) is 59.2 Å². The minimum atomic E-state index is 0. The molecule has 2 aromatic heterocycles. The molecule has 8 heteroatoms. The first kappa shape index (κ1) is 20.1. The Hall–Kier alpha value is -2.64. The van der Waals surface area contributed by atoms with Gasteiger partial charge in [-0.1, -0.05) is 6.07 Å². The van der Waals surface area contributed by atoms with Crippen LogP contribution >= 0.6 is 23.7 Å². The van der Waals surface area contributed by atoms with Crippen LogP contribution in [0.2, 0.25) is 0 Å². The number of pyridine rings is 1. The number of hydrogen-bond donors (Lipinski definition) is 1. The number of anilines is 2. The molecule has 3 heterocycles. The second-order valence-electron chi connectivity index (χ2n) is 6.43. The van der Waals surface area contributed by atoms with E-state index in [-0.39, 0.29) is 18.3 Å². The molecule has 1 aliphatic heterocycles. The van der Waals surface area contributed by atoms with Crippen molar-refractivity contribution < 1.29 is 9.53 Å². The molecule has 1 aromatic carbocycles. The molecule has 0 bridgehead atoms. The number of rotatable bonds is 5. The quantitative estimate of drug-likeness (QED) is 0.631. The first-order chi connectivity index (χ1) is 13.2. The van der Waals surface area contributed by atoms with E-state index in [0.717, 1.165) is 36.8 Å². The van der Waals surface area contributed by atoms with Crippen LogP contribution < -0.4 is 10.1 Å². The van der Waals surface area contributed by atoms with Crippen molar-refractivity contribution in [1.82, 2.24) is 14.9 Å². The topological polar surface area (TPSA) is 67.3 Å². The van der Waals surface area contributed by atoms with Gasteiger partial charge in [-0.15, -0.1) is 23.7 Å². The van der Waals surface area contributed by atoms with Gasteiger partial charge in [-0.05, 0) is 44.0 Å². The molecule has 1 aliphatic rings. The third kappa shape index (κ3) is 4.79. The summed E-state index contributed by atoms with van der Waals surface area (Å²) in [6, 6.07) is 10.9. The first-order valence-electron chi connectivity index (χ1n) is 8.90. The first-order valence-corrected chi connectivity index (χ1v) is 9.78. The summed E-state index contributed by atoms with van der Waals surface area (Å²) in [5, 5.41) is 5.94. The van der Waals surface area contributed by atoms with Crippen molar-refractivity contribution in [3.63, 3.8) is 0 Å². The van der Waals surface area contributed by atoms with Gasteiger partial charge in [0.2, 0.25) is 0 Å². The van der Waals surface area contributed by atoms with Crippen LogP contribution in [0.3, 0.4) is 0 Å². The summed E-state index contributed by atoms with van der Waals surface area (Å²) in [5.74, 6) is 1.99. The van der Waals surface area contributed by atoms with Gasteiger partial charge in [-0.2, -0.15) is 0 Å². The van der Waals surface area contributed by atoms with Gasteiger partial charge in [0.15, 0.2) is 5.13 Å². The SMILES string of the molecule is Cc1csc(Nc2cc(Oc3cccc(C(=O)N4CCCC4)c3)ccn2)n1.Cl. The second kappa shape index (κ2) is 9.03. The lowest BCUT2D eigenvalue weighted by atomic mass is 10.2. The maximum Gasteiger partial charge on any atom is 0.253 e. The fourth-order valence-corrected chi connectivity index (χ4v) is 3.69. The molecule has 6 nitrogen and oxygen atoms in total. The van der Waals surface area contributed by atoms with Crippen LogP contribution in [0.25, 0.3) is 0 Å². The van der Waals surface area contributed by atoms with Crippen LogP contribution in [-0.4, -0.2) is 33.9 Å². The van der Waals surface area contributed by atoms with Crippen LogP contribution in [0.4, 0.5) is 10.9 Å². The van der Waals surface area contributed by atoms with Gasteiger partial charge in [-0.3, -0.25) is 4.79 Å². The monoisotopic (exact) mass is 416 g/mol. The Morgan fingerprint density at radius 3 is 2.71 bits per heavy atom. The van der Waals surface area contributed by atoms with Gasteiger partial charge < -0.3 is 15.0 Å². The maximum absolute atomic E-state index is 12.6. The largest absolute Gasteiger partial charge is 0.457 e. The number of nitrogens with one attached hydrogen (secondary N) is 1. The summed E-state index contributed by atoms with van der Waals surface area (Å²) in [7, 11) is 0. The number of halogens is 1. The molecule has 1 N–H and O–H groups in total. The van der Waals surface area contributed by atoms with Crippen molar-refractivity contribution in [2.45, 2.75) is 19.8 Å². The lowest BCUT2D eigenvalue weighted by Crippen LogP contribution is -2.27. The fraction of sp³-hybridized carbons (Fsp3) is 0.250. The highest BCUT2D eigenvalue weighted by molar-refractivity contribution is 7.13. The second-order valence-corrected chi connectivity index (χ2v) is 7.28. The van der Waals surface area contributed by atoms with Crippen molar-refractivity contribution in [2.75, 3.05) is 18.4 Å². The Bertz CT molecular complexity index is 957. The van der Waals surface area contributed by atoms with Crippen LogP contribution in [-0.2, 0) is 0 Å². The molecule has 146 valence electrons. The van der Waals surface area contributed by atoms with Crippen LogP contribution in [0.1, 0.15) is 28.9 Å².